The van der Waals surface area contributed by atoms with Crippen LogP contribution >= 0.6 is 11.5 Å². The third kappa shape index (κ3) is 3.89. The molecule has 0 fully saturated rings. The van der Waals surface area contributed by atoms with E-state index in [1.165, 1.54) is 38.7 Å². The topological polar surface area (TPSA) is 31.4 Å². The monoisotopic (exact) mass is 399 g/mol. The maximum atomic E-state index is 6.32. The third-order valence-corrected chi connectivity index (χ3v) is 6.06. The molecule has 1 aliphatic rings. The lowest BCUT2D eigenvalue weighted by atomic mass is 10.1. The van der Waals surface area contributed by atoms with E-state index in [2.05, 4.69) is 46.8 Å². The van der Waals surface area contributed by atoms with Gasteiger partial charge in [-0.3, -0.25) is 0 Å². The number of hydrogen-bond acceptors (Lipinski definition) is 4. The van der Waals surface area contributed by atoms with E-state index in [4.69, 9.17) is 9.47 Å². The van der Waals surface area contributed by atoms with E-state index in [0.29, 0.717) is 6.61 Å². The van der Waals surface area contributed by atoms with Crippen LogP contribution in [0.2, 0.25) is 0 Å². The number of fused-ring (bicyclic) bond motifs is 1. The van der Waals surface area contributed by atoms with Crippen molar-refractivity contribution in [2.45, 2.75) is 25.6 Å². The first-order valence-corrected chi connectivity index (χ1v) is 10.6. The average Bonchev–Trinajstić information content (AvgIpc) is 3.45. The van der Waals surface area contributed by atoms with Crippen molar-refractivity contribution < 1.29 is 9.47 Å². The average molecular weight is 400 g/mol. The summed E-state index contributed by atoms with van der Waals surface area (Å²) in [5, 5.41) is 0. The largest absolute Gasteiger partial charge is 0.489 e. The van der Waals surface area contributed by atoms with Crippen molar-refractivity contribution in [2.24, 2.45) is 0 Å². The predicted octanol–water partition coefficient (Wildman–Crippen LogP) is 6.46. The first kappa shape index (κ1) is 18.0. The standard InChI is InChI=1S/C25H21NO2S/c1-2-5-18(6-3-1)17-27-23-8-4-7-21-22(23)13-14-24(21)28-20-11-9-19(10-12-20)25-15-16-26-29-25/h1-12,15-16,24H,13-14,17H2. The number of aromatic nitrogens is 1. The van der Waals surface area contributed by atoms with E-state index in [1.54, 1.807) is 0 Å². The molecule has 4 aromatic rings. The molecule has 4 heteroatoms. The summed E-state index contributed by atoms with van der Waals surface area (Å²) in [6, 6.07) is 26.9. The zero-order valence-corrected chi connectivity index (χ0v) is 16.8. The molecule has 1 aromatic heterocycles. The summed E-state index contributed by atoms with van der Waals surface area (Å²) in [4.78, 5) is 1.17. The molecule has 144 valence electrons. The lowest BCUT2D eigenvalue weighted by molar-refractivity contribution is 0.207. The molecule has 3 aromatic carbocycles. The number of hydrogen-bond donors (Lipinski definition) is 0. The molecule has 0 saturated heterocycles. The molecule has 0 amide bonds. The highest BCUT2D eigenvalue weighted by molar-refractivity contribution is 7.09. The fraction of sp³-hybridized carbons (Fsp3) is 0.160. The van der Waals surface area contributed by atoms with Gasteiger partial charge in [0.25, 0.3) is 0 Å². The van der Waals surface area contributed by atoms with Gasteiger partial charge in [-0.15, -0.1) is 0 Å². The molecular weight excluding hydrogens is 378 g/mol. The lowest BCUT2D eigenvalue weighted by Crippen LogP contribution is -2.04. The van der Waals surface area contributed by atoms with Crippen LogP contribution in [0.5, 0.6) is 11.5 Å². The highest BCUT2D eigenvalue weighted by Crippen LogP contribution is 2.40. The minimum absolute atomic E-state index is 0.0690. The van der Waals surface area contributed by atoms with Crippen molar-refractivity contribution in [1.82, 2.24) is 4.37 Å². The van der Waals surface area contributed by atoms with Crippen LogP contribution in [0, 0.1) is 0 Å². The van der Waals surface area contributed by atoms with Gasteiger partial charge in [-0.05, 0) is 77.5 Å². The van der Waals surface area contributed by atoms with E-state index in [-0.39, 0.29) is 6.10 Å². The number of nitrogens with zero attached hydrogens (tertiary/aromatic N) is 1. The van der Waals surface area contributed by atoms with Gasteiger partial charge in [0, 0.05) is 11.8 Å². The van der Waals surface area contributed by atoms with Crippen molar-refractivity contribution in [1.29, 1.82) is 0 Å². The molecule has 1 atom stereocenters. The Hall–Kier alpha value is -3.11. The quantitative estimate of drug-likeness (QED) is 0.373. The molecule has 0 N–H and O–H groups in total. The number of rotatable bonds is 6. The highest BCUT2D eigenvalue weighted by atomic mass is 32.1. The van der Waals surface area contributed by atoms with Crippen molar-refractivity contribution in [2.75, 3.05) is 0 Å². The Morgan fingerprint density at radius 1 is 0.897 bits per heavy atom. The summed E-state index contributed by atoms with van der Waals surface area (Å²) >= 11 is 1.51. The summed E-state index contributed by atoms with van der Waals surface area (Å²) in [5.41, 5.74) is 4.86. The second-order valence-corrected chi connectivity index (χ2v) is 7.98. The molecule has 0 saturated carbocycles. The smallest absolute Gasteiger partial charge is 0.124 e. The highest BCUT2D eigenvalue weighted by Gasteiger charge is 2.27. The summed E-state index contributed by atoms with van der Waals surface area (Å²) in [6.45, 7) is 0.585. The molecule has 3 nitrogen and oxygen atoms in total. The van der Waals surface area contributed by atoms with Crippen molar-refractivity contribution in [3.63, 3.8) is 0 Å². The van der Waals surface area contributed by atoms with Crippen LogP contribution in [0.4, 0.5) is 0 Å². The van der Waals surface area contributed by atoms with Crippen LogP contribution < -0.4 is 9.47 Å². The van der Waals surface area contributed by atoms with Crippen LogP contribution in [0.25, 0.3) is 10.4 Å². The maximum Gasteiger partial charge on any atom is 0.124 e. The van der Waals surface area contributed by atoms with Crippen LogP contribution in [0.3, 0.4) is 0 Å². The van der Waals surface area contributed by atoms with Gasteiger partial charge >= 0.3 is 0 Å². The van der Waals surface area contributed by atoms with Gasteiger partial charge in [0.1, 0.15) is 24.2 Å². The maximum absolute atomic E-state index is 6.32. The molecule has 29 heavy (non-hydrogen) atoms. The van der Waals surface area contributed by atoms with E-state index < -0.39 is 0 Å². The van der Waals surface area contributed by atoms with E-state index >= 15 is 0 Å². The lowest BCUT2D eigenvalue weighted by Gasteiger charge is -2.16. The van der Waals surface area contributed by atoms with E-state index in [1.807, 2.05) is 42.6 Å². The van der Waals surface area contributed by atoms with Gasteiger partial charge in [-0.1, -0.05) is 42.5 Å². The molecule has 0 bridgehead atoms. The minimum Gasteiger partial charge on any atom is -0.489 e. The zero-order chi connectivity index (χ0) is 19.5. The second-order valence-electron chi connectivity index (χ2n) is 7.14. The molecular formula is C25H21NO2S. The predicted molar refractivity (Wildman–Crippen MR) is 116 cm³/mol. The van der Waals surface area contributed by atoms with Gasteiger partial charge < -0.3 is 9.47 Å². The Bertz CT molecular complexity index is 1080. The van der Waals surface area contributed by atoms with Gasteiger partial charge in [0.2, 0.25) is 0 Å². The van der Waals surface area contributed by atoms with E-state index in [9.17, 15) is 0 Å². The fourth-order valence-electron chi connectivity index (χ4n) is 3.80. The van der Waals surface area contributed by atoms with E-state index in [0.717, 1.165) is 24.3 Å². The molecule has 1 heterocycles. The Kier molecular flexibility index (Phi) is 5.01. The van der Waals surface area contributed by atoms with Crippen LogP contribution in [-0.4, -0.2) is 4.37 Å². The van der Waals surface area contributed by atoms with Gasteiger partial charge in [0.05, 0.1) is 4.88 Å². The first-order chi connectivity index (χ1) is 14.4. The molecule has 0 spiro atoms. The SMILES string of the molecule is c1ccc(COc2cccc3c2CCC3Oc2ccc(-c3ccns3)cc2)cc1. The number of ether oxygens (including phenoxy) is 2. The summed E-state index contributed by atoms with van der Waals surface area (Å²) in [7, 11) is 0. The summed E-state index contributed by atoms with van der Waals surface area (Å²) in [5.74, 6) is 1.87. The van der Waals surface area contributed by atoms with Crippen LogP contribution in [-0.2, 0) is 13.0 Å². The molecule has 0 aliphatic heterocycles. The molecule has 1 aliphatic carbocycles. The first-order valence-electron chi connectivity index (χ1n) is 9.83. The van der Waals surface area contributed by atoms with Crippen molar-refractivity contribution in [3.05, 3.63) is 102 Å². The molecule has 0 radical (unpaired) electrons. The summed E-state index contributed by atoms with van der Waals surface area (Å²) < 4.78 is 16.6. The van der Waals surface area contributed by atoms with Crippen LogP contribution in [0.1, 0.15) is 29.2 Å². The zero-order valence-electron chi connectivity index (χ0n) is 16.0. The van der Waals surface area contributed by atoms with Gasteiger partial charge in [-0.25, -0.2) is 4.37 Å². The van der Waals surface area contributed by atoms with Crippen molar-refractivity contribution in [3.8, 4) is 21.9 Å². The van der Waals surface area contributed by atoms with Crippen LogP contribution in [0.15, 0.2) is 85.1 Å². The van der Waals surface area contributed by atoms with Gasteiger partial charge in [-0.2, -0.15) is 0 Å². The number of benzene rings is 3. The molecule has 5 rings (SSSR count). The Labute approximate surface area is 174 Å². The minimum atomic E-state index is 0.0690. The third-order valence-electron chi connectivity index (χ3n) is 5.26. The Balaban J connectivity index is 1.30. The Morgan fingerprint density at radius 3 is 2.55 bits per heavy atom. The fourth-order valence-corrected chi connectivity index (χ4v) is 4.40. The Morgan fingerprint density at radius 2 is 1.76 bits per heavy atom. The molecule has 1 unspecified atom stereocenters. The van der Waals surface area contributed by atoms with Gasteiger partial charge in [0.15, 0.2) is 0 Å². The summed E-state index contributed by atoms with van der Waals surface area (Å²) in [6.07, 6.45) is 3.85. The second kappa shape index (κ2) is 8.10. The normalized spacial score (nSPS) is 15.1. The van der Waals surface area contributed by atoms with Crippen molar-refractivity contribution >= 4 is 11.5 Å².